The number of aryl methyl sites for hydroxylation is 2. The van der Waals surface area contributed by atoms with E-state index in [2.05, 4.69) is 15.2 Å². The van der Waals surface area contributed by atoms with Gasteiger partial charge in [0.2, 0.25) is 0 Å². The predicted octanol–water partition coefficient (Wildman–Crippen LogP) is 2.71. The molecular formula is C19H23N5O2. The average molecular weight is 353 g/mol. The average Bonchev–Trinajstić information content (AvgIpc) is 3.25. The van der Waals surface area contributed by atoms with Gasteiger partial charge in [-0.1, -0.05) is 0 Å². The number of ether oxygens (including phenoxy) is 1. The van der Waals surface area contributed by atoms with Crippen LogP contribution in [-0.2, 0) is 13.6 Å². The first-order chi connectivity index (χ1) is 12.4. The van der Waals surface area contributed by atoms with Gasteiger partial charge in [0.05, 0.1) is 25.0 Å². The van der Waals surface area contributed by atoms with Crippen molar-refractivity contribution in [3.63, 3.8) is 0 Å². The fourth-order valence-corrected chi connectivity index (χ4v) is 3.02. The summed E-state index contributed by atoms with van der Waals surface area (Å²) >= 11 is 0. The number of methoxy groups -OCH3 is 1. The molecular weight excluding hydrogens is 330 g/mol. The van der Waals surface area contributed by atoms with Crippen molar-refractivity contribution in [2.75, 3.05) is 14.2 Å². The maximum absolute atomic E-state index is 12.7. The zero-order valence-corrected chi connectivity index (χ0v) is 15.7. The lowest BCUT2D eigenvalue weighted by atomic mass is 10.1. The first-order valence-corrected chi connectivity index (χ1v) is 8.34. The van der Waals surface area contributed by atoms with Gasteiger partial charge >= 0.3 is 0 Å². The molecule has 0 saturated heterocycles. The Balaban J connectivity index is 1.79. The molecule has 1 amide bonds. The van der Waals surface area contributed by atoms with Crippen LogP contribution in [0.3, 0.4) is 0 Å². The number of pyridine rings is 1. The number of carbonyl (C=O) groups excluding carboxylic acids is 1. The number of aromatic amines is 1. The summed E-state index contributed by atoms with van der Waals surface area (Å²) in [4.78, 5) is 18.8. The van der Waals surface area contributed by atoms with Gasteiger partial charge in [-0.15, -0.1) is 0 Å². The third-order valence-corrected chi connectivity index (χ3v) is 4.50. The topological polar surface area (TPSA) is 76.0 Å². The van der Waals surface area contributed by atoms with E-state index in [4.69, 9.17) is 4.74 Å². The van der Waals surface area contributed by atoms with Crippen molar-refractivity contribution >= 4 is 5.91 Å². The molecule has 3 aromatic rings. The maximum Gasteiger partial charge on any atom is 0.271 e. The van der Waals surface area contributed by atoms with E-state index >= 15 is 0 Å². The highest BCUT2D eigenvalue weighted by molar-refractivity contribution is 5.93. The summed E-state index contributed by atoms with van der Waals surface area (Å²) in [5.41, 5.74) is 4.86. The second-order valence-electron chi connectivity index (χ2n) is 6.38. The summed E-state index contributed by atoms with van der Waals surface area (Å²) in [5, 5.41) is 7.09. The lowest BCUT2D eigenvalue weighted by Crippen LogP contribution is -2.27. The van der Waals surface area contributed by atoms with Gasteiger partial charge in [-0.2, -0.15) is 5.10 Å². The van der Waals surface area contributed by atoms with Crippen LogP contribution in [0, 0.1) is 13.8 Å². The molecule has 7 heteroatoms. The van der Waals surface area contributed by atoms with Crippen LogP contribution in [0.5, 0.6) is 5.75 Å². The Kier molecular flexibility index (Phi) is 4.79. The van der Waals surface area contributed by atoms with E-state index in [0.29, 0.717) is 12.2 Å². The Hall–Kier alpha value is -3.09. The molecule has 3 heterocycles. The fourth-order valence-electron chi connectivity index (χ4n) is 3.02. The van der Waals surface area contributed by atoms with Crippen molar-refractivity contribution in [1.82, 2.24) is 24.6 Å². The molecule has 0 bridgehead atoms. The van der Waals surface area contributed by atoms with Crippen molar-refractivity contribution in [3.05, 3.63) is 53.1 Å². The molecule has 1 N–H and O–H groups in total. The first-order valence-electron chi connectivity index (χ1n) is 8.34. The molecule has 0 spiro atoms. The van der Waals surface area contributed by atoms with Crippen molar-refractivity contribution in [2.24, 2.45) is 7.05 Å². The van der Waals surface area contributed by atoms with Gasteiger partial charge in [-0.3, -0.25) is 14.9 Å². The minimum absolute atomic E-state index is 0.140. The highest BCUT2D eigenvalue weighted by Crippen LogP contribution is 2.25. The molecule has 136 valence electrons. The Morgan fingerprint density at radius 1 is 1.38 bits per heavy atom. The standard InChI is InChI=1S/C19H23N5O2/c1-12-10-20-16(13(2)18(12)26-5)11-24(4)19(25)15-9-14(21-22-15)17-7-6-8-23(17)3/h6-10H,11H2,1-5H3,(H,21,22). The van der Waals surface area contributed by atoms with Crippen LogP contribution in [0.25, 0.3) is 11.4 Å². The number of amides is 1. The Bertz CT molecular complexity index is 941. The lowest BCUT2D eigenvalue weighted by Gasteiger charge is -2.18. The maximum atomic E-state index is 12.7. The highest BCUT2D eigenvalue weighted by atomic mass is 16.5. The summed E-state index contributed by atoms with van der Waals surface area (Å²) in [6.07, 6.45) is 3.71. The van der Waals surface area contributed by atoms with E-state index in [1.54, 1.807) is 31.3 Å². The van der Waals surface area contributed by atoms with E-state index in [1.165, 1.54) is 0 Å². The molecule has 3 aromatic heterocycles. The quantitative estimate of drug-likeness (QED) is 0.765. The van der Waals surface area contributed by atoms with Crippen LogP contribution in [-0.4, -0.2) is 44.7 Å². The molecule has 0 fully saturated rings. The van der Waals surface area contributed by atoms with E-state index in [-0.39, 0.29) is 5.91 Å². The molecule has 0 aliphatic heterocycles. The number of hydrogen-bond donors (Lipinski definition) is 1. The van der Waals surface area contributed by atoms with Gasteiger partial charge in [0.1, 0.15) is 17.1 Å². The van der Waals surface area contributed by atoms with Gasteiger partial charge in [-0.25, -0.2) is 0 Å². The molecule has 0 aliphatic carbocycles. The summed E-state index contributed by atoms with van der Waals surface area (Å²) in [7, 11) is 5.33. The van der Waals surface area contributed by atoms with E-state index in [9.17, 15) is 4.79 Å². The van der Waals surface area contributed by atoms with E-state index in [1.807, 2.05) is 43.8 Å². The molecule has 0 saturated carbocycles. The summed E-state index contributed by atoms with van der Waals surface area (Å²) in [6, 6.07) is 5.67. The molecule has 0 aromatic carbocycles. The number of nitrogens with zero attached hydrogens (tertiary/aromatic N) is 4. The molecule has 3 rings (SSSR count). The second-order valence-corrected chi connectivity index (χ2v) is 6.38. The van der Waals surface area contributed by atoms with E-state index < -0.39 is 0 Å². The minimum atomic E-state index is -0.140. The van der Waals surface area contributed by atoms with Gasteiger partial charge in [0.25, 0.3) is 5.91 Å². The van der Waals surface area contributed by atoms with Crippen LogP contribution >= 0.6 is 0 Å². The predicted molar refractivity (Wildman–Crippen MR) is 99.1 cm³/mol. The molecule has 0 aliphatic rings. The van der Waals surface area contributed by atoms with Crippen molar-refractivity contribution in [2.45, 2.75) is 20.4 Å². The zero-order valence-electron chi connectivity index (χ0n) is 15.7. The summed E-state index contributed by atoms with van der Waals surface area (Å²) in [5.74, 6) is 0.669. The Labute approximate surface area is 152 Å². The third kappa shape index (κ3) is 3.20. The molecule has 0 radical (unpaired) electrons. The number of hydrogen-bond acceptors (Lipinski definition) is 4. The van der Waals surface area contributed by atoms with Crippen molar-refractivity contribution < 1.29 is 9.53 Å². The van der Waals surface area contributed by atoms with Gasteiger partial charge in [-0.05, 0) is 32.0 Å². The molecule has 7 nitrogen and oxygen atoms in total. The van der Waals surface area contributed by atoms with Gasteiger partial charge in [0, 0.05) is 37.6 Å². The van der Waals surface area contributed by atoms with E-state index in [0.717, 1.165) is 34.0 Å². The van der Waals surface area contributed by atoms with Crippen LogP contribution in [0.1, 0.15) is 27.3 Å². The largest absolute Gasteiger partial charge is 0.496 e. The fraction of sp³-hybridized carbons (Fsp3) is 0.316. The number of nitrogens with one attached hydrogen (secondary N) is 1. The summed E-state index contributed by atoms with van der Waals surface area (Å²) in [6.45, 7) is 4.29. The van der Waals surface area contributed by atoms with Crippen LogP contribution in [0.15, 0.2) is 30.6 Å². The van der Waals surface area contributed by atoms with Crippen LogP contribution in [0.2, 0.25) is 0 Å². The number of rotatable bonds is 5. The number of H-pyrrole nitrogens is 1. The lowest BCUT2D eigenvalue weighted by molar-refractivity contribution is 0.0777. The SMILES string of the molecule is COc1c(C)cnc(CN(C)C(=O)c2cc(-c3cccn3C)n[nH]2)c1C. The van der Waals surface area contributed by atoms with Crippen molar-refractivity contribution in [3.8, 4) is 17.1 Å². The Morgan fingerprint density at radius 2 is 2.15 bits per heavy atom. The van der Waals surface area contributed by atoms with Gasteiger partial charge < -0.3 is 14.2 Å². The van der Waals surface area contributed by atoms with Gasteiger partial charge in [0.15, 0.2) is 0 Å². The van der Waals surface area contributed by atoms with Crippen molar-refractivity contribution in [1.29, 1.82) is 0 Å². The Morgan fingerprint density at radius 3 is 2.81 bits per heavy atom. The second kappa shape index (κ2) is 7.03. The number of aromatic nitrogens is 4. The van der Waals surface area contributed by atoms with Crippen LogP contribution in [0.4, 0.5) is 0 Å². The third-order valence-electron chi connectivity index (χ3n) is 4.50. The minimum Gasteiger partial charge on any atom is -0.496 e. The smallest absolute Gasteiger partial charge is 0.271 e. The number of carbonyl (C=O) groups is 1. The molecule has 0 unspecified atom stereocenters. The highest BCUT2D eigenvalue weighted by Gasteiger charge is 2.19. The van der Waals surface area contributed by atoms with Crippen LogP contribution < -0.4 is 4.74 Å². The summed E-state index contributed by atoms with van der Waals surface area (Å²) < 4.78 is 7.40. The monoisotopic (exact) mass is 353 g/mol. The first kappa shape index (κ1) is 17.7. The molecule has 0 atom stereocenters. The molecule has 26 heavy (non-hydrogen) atoms. The zero-order chi connectivity index (χ0) is 18.8. The normalized spacial score (nSPS) is 10.8.